The predicted octanol–water partition coefficient (Wildman–Crippen LogP) is 2.89. The molecule has 2 rings (SSSR count). The topological polar surface area (TPSA) is 41.1 Å². The number of hydrogen-bond acceptors (Lipinski definition) is 4. The molecule has 0 amide bonds. The van der Waals surface area contributed by atoms with Crippen molar-refractivity contribution in [2.45, 2.75) is 12.4 Å². The van der Waals surface area contributed by atoms with Crippen LogP contribution in [0.3, 0.4) is 0 Å². The number of nitrogens with one attached hydrogen (secondary N) is 1. The number of alkyl halides is 1. The van der Waals surface area contributed by atoms with E-state index in [1.165, 1.54) is 5.56 Å². The number of aromatic nitrogens is 2. The van der Waals surface area contributed by atoms with Crippen LogP contribution in [0.25, 0.3) is 0 Å². The molecule has 19 heavy (non-hydrogen) atoms. The summed E-state index contributed by atoms with van der Waals surface area (Å²) in [6.07, 6.45) is 1.75. The summed E-state index contributed by atoms with van der Waals surface area (Å²) in [6, 6.07) is 10.1. The second-order valence-corrected chi connectivity index (χ2v) is 4.71. The summed E-state index contributed by atoms with van der Waals surface area (Å²) >= 11 is 5.83. The molecule has 1 N–H and O–H groups in total. The highest BCUT2D eigenvalue weighted by Gasteiger charge is 2.01. The molecule has 0 radical (unpaired) electrons. The van der Waals surface area contributed by atoms with Gasteiger partial charge in [0.25, 0.3) is 0 Å². The van der Waals surface area contributed by atoms with Crippen molar-refractivity contribution in [3.63, 3.8) is 0 Å². The largest absolute Gasteiger partial charge is 0.366 e. The third-order valence-electron chi connectivity index (χ3n) is 2.66. The lowest BCUT2D eigenvalue weighted by Crippen LogP contribution is -2.13. The molecule has 0 spiro atoms. The van der Waals surface area contributed by atoms with Gasteiger partial charge in [0, 0.05) is 32.7 Å². The first-order valence-corrected chi connectivity index (χ1v) is 6.60. The van der Waals surface area contributed by atoms with Crippen molar-refractivity contribution in [2.24, 2.45) is 0 Å². The average molecular weight is 277 g/mol. The maximum Gasteiger partial charge on any atom is 0.226 e. The van der Waals surface area contributed by atoms with Gasteiger partial charge in [-0.3, -0.25) is 0 Å². The summed E-state index contributed by atoms with van der Waals surface area (Å²) in [4.78, 5) is 10.5. The Bertz CT molecular complexity index is 542. The minimum Gasteiger partial charge on any atom is -0.366 e. The van der Waals surface area contributed by atoms with Crippen LogP contribution >= 0.6 is 11.6 Å². The first kappa shape index (κ1) is 13.6. The van der Waals surface area contributed by atoms with Gasteiger partial charge in [0.1, 0.15) is 5.82 Å². The van der Waals surface area contributed by atoms with Crippen LogP contribution < -0.4 is 10.2 Å². The third-order valence-corrected chi connectivity index (χ3v) is 2.97. The number of anilines is 2. The van der Waals surface area contributed by atoms with Crippen LogP contribution in [0.5, 0.6) is 0 Å². The molecule has 0 bridgehead atoms. The van der Waals surface area contributed by atoms with E-state index in [-0.39, 0.29) is 0 Å². The Morgan fingerprint density at radius 3 is 2.74 bits per heavy atom. The summed E-state index contributed by atoms with van der Waals surface area (Å²) in [5.41, 5.74) is 2.31. The molecule has 0 atom stereocenters. The van der Waals surface area contributed by atoms with Gasteiger partial charge in [-0.15, -0.1) is 11.6 Å². The molecule has 5 heteroatoms. The normalized spacial score (nSPS) is 10.3. The lowest BCUT2D eigenvalue weighted by atomic mass is 10.1. The molecule has 0 unspecified atom stereocenters. The molecule has 0 saturated heterocycles. The van der Waals surface area contributed by atoms with E-state index < -0.39 is 0 Å². The SMILES string of the molecule is CN(C)c1nccc(NCc2cccc(CCl)c2)n1. The van der Waals surface area contributed by atoms with Crippen molar-refractivity contribution in [3.05, 3.63) is 47.7 Å². The minimum absolute atomic E-state index is 0.534. The Hall–Kier alpha value is -1.81. The summed E-state index contributed by atoms with van der Waals surface area (Å²) in [5, 5.41) is 3.29. The van der Waals surface area contributed by atoms with Gasteiger partial charge in [-0.2, -0.15) is 4.98 Å². The van der Waals surface area contributed by atoms with Crippen LogP contribution in [0, 0.1) is 0 Å². The Labute approximate surface area is 118 Å². The van der Waals surface area contributed by atoms with Crippen LogP contribution in [-0.2, 0) is 12.4 Å². The van der Waals surface area contributed by atoms with E-state index >= 15 is 0 Å². The molecular weight excluding hydrogens is 260 g/mol. The number of halogens is 1. The van der Waals surface area contributed by atoms with Crippen LogP contribution in [0.1, 0.15) is 11.1 Å². The number of hydrogen-bond donors (Lipinski definition) is 1. The van der Waals surface area contributed by atoms with Crippen molar-refractivity contribution in [2.75, 3.05) is 24.3 Å². The summed E-state index contributed by atoms with van der Waals surface area (Å²) in [7, 11) is 3.84. The quantitative estimate of drug-likeness (QED) is 0.853. The maximum atomic E-state index is 5.83. The van der Waals surface area contributed by atoms with Gasteiger partial charge in [0.2, 0.25) is 5.95 Å². The Kier molecular flexibility index (Phi) is 4.58. The second-order valence-electron chi connectivity index (χ2n) is 4.44. The smallest absolute Gasteiger partial charge is 0.226 e. The number of rotatable bonds is 5. The standard InChI is InChI=1S/C14H17ClN4/c1-19(2)14-16-7-6-13(18-14)17-10-12-5-3-4-11(8-12)9-15/h3-8H,9-10H2,1-2H3,(H,16,17,18). The maximum absolute atomic E-state index is 5.83. The third kappa shape index (κ3) is 3.83. The van der Waals surface area contributed by atoms with Crippen molar-refractivity contribution >= 4 is 23.4 Å². The lowest BCUT2D eigenvalue weighted by Gasteiger charge is -2.12. The molecule has 0 aliphatic rings. The molecule has 1 aromatic heterocycles. The Balaban J connectivity index is 2.03. The Morgan fingerprint density at radius 2 is 2.00 bits per heavy atom. The molecule has 2 aromatic rings. The fraction of sp³-hybridized carbons (Fsp3) is 0.286. The molecule has 1 aromatic carbocycles. The molecular formula is C14H17ClN4. The van der Waals surface area contributed by atoms with Gasteiger partial charge in [0.15, 0.2) is 0 Å². The Morgan fingerprint density at radius 1 is 1.21 bits per heavy atom. The van der Waals surface area contributed by atoms with Gasteiger partial charge >= 0.3 is 0 Å². The highest BCUT2D eigenvalue weighted by Crippen LogP contribution is 2.12. The van der Waals surface area contributed by atoms with E-state index in [9.17, 15) is 0 Å². The van der Waals surface area contributed by atoms with Gasteiger partial charge in [-0.25, -0.2) is 4.98 Å². The summed E-state index contributed by atoms with van der Waals surface area (Å²) in [5.74, 6) is 2.04. The molecule has 0 fully saturated rings. The van der Waals surface area contributed by atoms with E-state index in [0.29, 0.717) is 18.4 Å². The van der Waals surface area contributed by atoms with Gasteiger partial charge < -0.3 is 10.2 Å². The van der Waals surface area contributed by atoms with Gasteiger partial charge in [-0.05, 0) is 17.2 Å². The van der Waals surface area contributed by atoms with Crippen LogP contribution in [0.2, 0.25) is 0 Å². The highest BCUT2D eigenvalue weighted by molar-refractivity contribution is 6.17. The van der Waals surface area contributed by atoms with Crippen LogP contribution in [-0.4, -0.2) is 24.1 Å². The molecule has 100 valence electrons. The van der Waals surface area contributed by atoms with E-state index in [0.717, 1.165) is 11.4 Å². The monoisotopic (exact) mass is 276 g/mol. The van der Waals surface area contributed by atoms with E-state index in [2.05, 4.69) is 27.4 Å². The predicted molar refractivity (Wildman–Crippen MR) is 79.7 cm³/mol. The lowest BCUT2D eigenvalue weighted by molar-refractivity contribution is 0.987. The number of benzene rings is 1. The first-order valence-electron chi connectivity index (χ1n) is 6.07. The zero-order valence-electron chi connectivity index (χ0n) is 11.1. The van der Waals surface area contributed by atoms with Gasteiger partial charge in [-0.1, -0.05) is 24.3 Å². The highest BCUT2D eigenvalue weighted by atomic mass is 35.5. The summed E-state index contributed by atoms with van der Waals surface area (Å²) < 4.78 is 0. The van der Waals surface area contributed by atoms with Crippen LogP contribution in [0.15, 0.2) is 36.5 Å². The summed E-state index contributed by atoms with van der Waals surface area (Å²) in [6.45, 7) is 0.717. The molecule has 4 nitrogen and oxygen atoms in total. The molecule has 1 heterocycles. The molecule has 0 aliphatic carbocycles. The molecule has 0 aliphatic heterocycles. The van der Waals surface area contributed by atoms with Crippen molar-refractivity contribution in [3.8, 4) is 0 Å². The van der Waals surface area contributed by atoms with Crippen LogP contribution in [0.4, 0.5) is 11.8 Å². The zero-order chi connectivity index (χ0) is 13.7. The second kappa shape index (κ2) is 6.38. The van der Waals surface area contributed by atoms with E-state index in [1.807, 2.05) is 37.2 Å². The van der Waals surface area contributed by atoms with Gasteiger partial charge in [0.05, 0.1) is 0 Å². The van der Waals surface area contributed by atoms with E-state index in [4.69, 9.17) is 11.6 Å². The molecule has 0 saturated carbocycles. The van der Waals surface area contributed by atoms with E-state index in [1.54, 1.807) is 6.20 Å². The number of nitrogens with zero attached hydrogens (tertiary/aromatic N) is 3. The average Bonchev–Trinajstić information content (AvgIpc) is 2.45. The van der Waals surface area contributed by atoms with Crippen molar-refractivity contribution in [1.29, 1.82) is 0 Å². The van der Waals surface area contributed by atoms with Crippen molar-refractivity contribution in [1.82, 2.24) is 9.97 Å². The first-order chi connectivity index (χ1) is 9.19. The fourth-order valence-corrected chi connectivity index (χ4v) is 1.84. The fourth-order valence-electron chi connectivity index (χ4n) is 1.68. The zero-order valence-corrected chi connectivity index (χ0v) is 11.9. The minimum atomic E-state index is 0.534. The van der Waals surface area contributed by atoms with Crippen molar-refractivity contribution < 1.29 is 0 Å².